The first-order valence-electron chi connectivity index (χ1n) is 5.91. The zero-order valence-corrected chi connectivity index (χ0v) is 9.33. The Morgan fingerprint density at radius 3 is 3.06 bits per heavy atom. The van der Waals surface area contributed by atoms with E-state index in [9.17, 15) is 9.59 Å². The highest BCUT2D eigenvalue weighted by Crippen LogP contribution is 2.14. The molecular weight excluding hydrogens is 208 g/mol. The molecule has 0 aromatic carbocycles. The minimum Gasteiger partial charge on any atom is -0.378 e. The molecule has 16 heavy (non-hydrogen) atoms. The summed E-state index contributed by atoms with van der Waals surface area (Å²) in [5.41, 5.74) is 0. The highest BCUT2D eigenvalue weighted by atomic mass is 16.5. The highest BCUT2D eigenvalue weighted by molar-refractivity contribution is 5.89. The number of hydrogen-bond donors (Lipinski definition) is 2. The molecule has 2 rings (SSSR count). The molecule has 2 unspecified atom stereocenters. The smallest absolute Gasteiger partial charge is 0.225 e. The third-order valence-corrected chi connectivity index (χ3v) is 3.14. The van der Waals surface area contributed by atoms with Crippen LogP contribution in [0, 0.1) is 5.92 Å². The van der Waals surface area contributed by atoms with Gasteiger partial charge in [-0.3, -0.25) is 9.59 Å². The van der Waals surface area contributed by atoms with Crippen LogP contribution in [0.2, 0.25) is 0 Å². The van der Waals surface area contributed by atoms with E-state index in [1.807, 2.05) is 0 Å². The van der Waals surface area contributed by atoms with E-state index >= 15 is 0 Å². The van der Waals surface area contributed by atoms with Crippen LogP contribution in [-0.4, -0.2) is 37.6 Å². The van der Waals surface area contributed by atoms with E-state index in [1.165, 1.54) is 0 Å². The second-order valence-corrected chi connectivity index (χ2v) is 4.42. The van der Waals surface area contributed by atoms with Crippen LogP contribution < -0.4 is 10.6 Å². The van der Waals surface area contributed by atoms with Crippen molar-refractivity contribution in [1.82, 2.24) is 10.6 Å². The standard InChI is InChI=1S/C11H18N2O3/c14-10-6-8(7-13-10)11(15)12-4-3-9-2-1-5-16-9/h8-9H,1-7H2,(H,12,15)(H,13,14). The number of hydrogen-bond acceptors (Lipinski definition) is 3. The lowest BCUT2D eigenvalue weighted by Gasteiger charge is -2.12. The summed E-state index contributed by atoms with van der Waals surface area (Å²) < 4.78 is 5.46. The molecule has 0 radical (unpaired) electrons. The van der Waals surface area contributed by atoms with Gasteiger partial charge in [0.25, 0.3) is 0 Å². The van der Waals surface area contributed by atoms with Gasteiger partial charge in [0.1, 0.15) is 0 Å². The fraction of sp³-hybridized carbons (Fsp3) is 0.818. The van der Waals surface area contributed by atoms with Crippen molar-refractivity contribution in [2.75, 3.05) is 19.7 Å². The first kappa shape index (κ1) is 11.4. The Morgan fingerprint density at radius 1 is 1.56 bits per heavy atom. The highest BCUT2D eigenvalue weighted by Gasteiger charge is 2.27. The summed E-state index contributed by atoms with van der Waals surface area (Å²) in [6.07, 6.45) is 3.73. The Kier molecular flexibility index (Phi) is 3.77. The quantitative estimate of drug-likeness (QED) is 0.698. The maximum absolute atomic E-state index is 11.6. The van der Waals surface area contributed by atoms with Gasteiger partial charge in [-0.2, -0.15) is 0 Å². The van der Waals surface area contributed by atoms with Crippen molar-refractivity contribution in [3.05, 3.63) is 0 Å². The molecule has 2 aliphatic rings. The van der Waals surface area contributed by atoms with Crippen molar-refractivity contribution in [3.8, 4) is 0 Å². The van der Waals surface area contributed by atoms with E-state index in [4.69, 9.17) is 4.74 Å². The average molecular weight is 226 g/mol. The fourth-order valence-electron chi connectivity index (χ4n) is 2.16. The maximum atomic E-state index is 11.6. The Hall–Kier alpha value is -1.10. The van der Waals surface area contributed by atoms with Crippen LogP contribution >= 0.6 is 0 Å². The van der Waals surface area contributed by atoms with Crippen molar-refractivity contribution in [3.63, 3.8) is 0 Å². The summed E-state index contributed by atoms with van der Waals surface area (Å²) in [7, 11) is 0. The SMILES string of the molecule is O=C1CC(C(=O)NCCC2CCCO2)CN1. The van der Waals surface area contributed by atoms with Gasteiger partial charge in [0.2, 0.25) is 11.8 Å². The van der Waals surface area contributed by atoms with Crippen molar-refractivity contribution in [2.24, 2.45) is 5.92 Å². The predicted molar refractivity (Wildman–Crippen MR) is 57.7 cm³/mol. The summed E-state index contributed by atoms with van der Waals surface area (Å²) in [4.78, 5) is 22.6. The van der Waals surface area contributed by atoms with Crippen LogP contribution in [0.4, 0.5) is 0 Å². The van der Waals surface area contributed by atoms with Crippen LogP contribution in [0.5, 0.6) is 0 Å². The normalized spacial score (nSPS) is 29.1. The first-order valence-corrected chi connectivity index (χ1v) is 5.91. The van der Waals surface area contributed by atoms with Gasteiger partial charge in [0.15, 0.2) is 0 Å². The molecule has 90 valence electrons. The van der Waals surface area contributed by atoms with Gasteiger partial charge in [0.05, 0.1) is 12.0 Å². The lowest BCUT2D eigenvalue weighted by molar-refractivity contribution is -0.126. The maximum Gasteiger partial charge on any atom is 0.225 e. The minimum absolute atomic E-state index is 0.0173. The molecule has 2 heterocycles. The van der Waals surface area contributed by atoms with Crippen molar-refractivity contribution < 1.29 is 14.3 Å². The molecule has 2 N–H and O–H groups in total. The second-order valence-electron chi connectivity index (χ2n) is 4.42. The lowest BCUT2D eigenvalue weighted by atomic mass is 10.1. The third kappa shape index (κ3) is 2.95. The van der Waals surface area contributed by atoms with E-state index in [1.54, 1.807) is 0 Å². The van der Waals surface area contributed by atoms with Gasteiger partial charge >= 0.3 is 0 Å². The van der Waals surface area contributed by atoms with E-state index in [2.05, 4.69) is 10.6 Å². The second kappa shape index (κ2) is 5.30. The van der Waals surface area contributed by atoms with Gasteiger partial charge in [-0.25, -0.2) is 0 Å². The number of rotatable bonds is 4. The topological polar surface area (TPSA) is 67.4 Å². The Balaban J connectivity index is 1.61. The predicted octanol–water partition coefficient (Wildman–Crippen LogP) is -0.192. The molecule has 2 saturated heterocycles. The van der Waals surface area contributed by atoms with E-state index in [0.717, 1.165) is 25.9 Å². The molecule has 5 heteroatoms. The number of ether oxygens (including phenoxy) is 1. The van der Waals surface area contributed by atoms with Crippen molar-refractivity contribution in [2.45, 2.75) is 31.8 Å². The van der Waals surface area contributed by atoms with Gasteiger partial charge < -0.3 is 15.4 Å². The summed E-state index contributed by atoms with van der Waals surface area (Å²) >= 11 is 0. The van der Waals surface area contributed by atoms with Crippen LogP contribution in [0.3, 0.4) is 0 Å². The molecule has 0 bridgehead atoms. The monoisotopic (exact) mass is 226 g/mol. The van der Waals surface area contributed by atoms with Gasteiger partial charge in [0, 0.05) is 26.1 Å². The van der Waals surface area contributed by atoms with Crippen LogP contribution in [-0.2, 0) is 14.3 Å². The Bertz CT molecular complexity index is 274. The van der Waals surface area contributed by atoms with Crippen LogP contribution in [0.25, 0.3) is 0 Å². The summed E-state index contributed by atoms with van der Waals surface area (Å²) in [6.45, 7) is 1.97. The Morgan fingerprint density at radius 2 is 2.44 bits per heavy atom. The first-order chi connectivity index (χ1) is 7.75. The molecule has 0 aromatic heterocycles. The van der Waals surface area contributed by atoms with E-state index in [0.29, 0.717) is 25.6 Å². The molecule has 2 atom stereocenters. The zero-order chi connectivity index (χ0) is 11.4. The third-order valence-electron chi connectivity index (χ3n) is 3.14. The van der Waals surface area contributed by atoms with Crippen molar-refractivity contribution in [1.29, 1.82) is 0 Å². The summed E-state index contributed by atoms with van der Waals surface area (Å²) in [5, 5.41) is 5.52. The van der Waals surface area contributed by atoms with Crippen molar-refractivity contribution >= 4 is 11.8 Å². The zero-order valence-electron chi connectivity index (χ0n) is 9.33. The summed E-state index contributed by atoms with van der Waals surface area (Å²) in [5.74, 6) is -0.229. The molecule has 5 nitrogen and oxygen atoms in total. The molecule has 2 amide bonds. The lowest BCUT2D eigenvalue weighted by Crippen LogP contribution is -2.33. The van der Waals surface area contributed by atoms with E-state index < -0.39 is 0 Å². The number of nitrogens with one attached hydrogen (secondary N) is 2. The van der Waals surface area contributed by atoms with E-state index in [-0.39, 0.29) is 17.7 Å². The van der Waals surface area contributed by atoms with Gasteiger partial charge in [-0.05, 0) is 19.3 Å². The largest absolute Gasteiger partial charge is 0.378 e. The molecular formula is C11H18N2O3. The van der Waals surface area contributed by atoms with Crippen LogP contribution in [0.15, 0.2) is 0 Å². The number of carbonyl (C=O) groups excluding carboxylic acids is 2. The van der Waals surface area contributed by atoms with Crippen LogP contribution in [0.1, 0.15) is 25.7 Å². The van der Waals surface area contributed by atoms with Gasteiger partial charge in [-0.15, -0.1) is 0 Å². The summed E-state index contributed by atoms with van der Waals surface area (Å²) in [6, 6.07) is 0. The molecule has 0 aromatic rings. The molecule has 2 fully saturated rings. The minimum atomic E-state index is -0.183. The molecule has 0 spiro atoms. The number of carbonyl (C=O) groups is 2. The Labute approximate surface area is 94.9 Å². The average Bonchev–Trinajstić information content (AvgIpc) is 2.89. The fourth-order valence-corrected chi connectivity index (χ4v) is 2.16. The number of amides is 2. The molecule has 2 aliphatic heterocycles. The molecule has 0 saturated carbocycles. The molecule has 0 aliphatic carbocycles. The van der Waals surface area contributed by atoms with Gasteiger partial charge in [-0.1, -0.05) is 0 Å².